The molecule has 0 spiro atoms. The highest BCUT2D eigenvalue weighted by molar-refractivity contribution is 5.97. The number of carbonyl (C=O) groups excluding carboxylic acids is 3. The minimum Gasteiger partial charge on any atom is -0.451 e. The van der Waals surface area contributed by atoms with Crippen LogP contribution in [-0.4, -0.2) is 40.2 Å². The molecule has 0 bridgehead atoms. The average Bonchev–Trinajstić information content (AvgIpc) is 2.87. The van der Waals surface area contributed by atoms with Gasteiger partial charge in [-0.05, 0) is 57.9 Å². The molecule has 0 fully saturated rings. The maximum Gasteiger partial charge on any atom is 0.326 e. The third kappa shape index (κ3) is 4.97. The summed E-state index contributed by atoms with van der Waals surface area (Å²) in [6, 6.07) is 5.29. The molecule has 0 unspecified atom stereocenters. The van der Waals surface area contributed by atoms with Gasteiger partial charge in [-0.15, -0.1) is 0 Å². The highest BCUT2D eigenvalue weighted by Gasteiger charge is 2.21. The second-order valence-corrected chi connectivity index (χ2v) is 6.77. The van der Waals surface area contributed by atoms with Gasteiger partial charge in [0.25, 0.3) is 11.8 Å². The van der Waals surface area contributed by atoms with E-state index in [1.165, 1.54) is 6.92 Å². The van der Waals surface area contributed by atoms with Gasteiger partial charge in [0.2, 0.25) is 0 Å². The van der Waals surface area contributed by atoms with Crippen LogP contribution in [-0.2, 0) is 21.4 Å². The molecule has 2 aromatic rings. The van der Waals surface area contributed by atoms with E-state index in [0.717, 1.165) is 16.8 Å². The van der Waals surface area contributed by atoms with E-state index in [1.54, 1.807) is 30.8 Å². The first-order chi connectivity index (χ1) is 13.1. The number of carbonyl (C=O) groups is 3. The Kier molecular flexibility index (Phi) is 6.56. The van der Waals surface area contributed by atoms with E-state index in [2.05, 4.69) is 15.7 Å². The zero-order valence-electron chi connectivity index (χ0n) is 17.0. The maximum atomic E-state index is 12.3. The molecule has 0 radical (unpaired) electrons. The lowest BCUT2D eigenvalue weighted by Gasteiger charge is -2.14. The molecule has 8 nitrogen and oxygen atoms in total. The van der Waals surface area contributed by atoms with Gasteiger partial charge in [-0.3, -0.25) is 19.1 Å². The van der Waals surface area contributed by atoms with Gasteiger partial charge in [-0.2, -0.15) is 5.10 Å². The van der Waals surface area contributed by atoms with Gasteiger partial charge >= 0.3 is 5.97 Å². The number of ether oxygens (including phenoxy) is 1. The molecule has 28 heavy (non-hydrogen) atoms. The van der Waals surface area contributed by atoms with Gasteiger partial charge < -0.3 is 15.4 Å². The number of esters is 1. The lowest BCUT2D eigenvalue weighted by molar-refractivity contribution is -0.152. The van der Waals surface area contributed by atoms with Crippen LogP contribution in [0.2, 0.25) is 0 Å². The summed E-state index contributed by atoms with van der Waals surface area (Å²) in [6.07, 6.45) is -1.01. The Morgan fingerprint density at radius 2 is 1.82 bits per heavy atom. The molecule has 1 atom stereocenters. The Morgan fingerprint density at radius 3 is 2.39 bits per heavy atom. The van der Waals surface area contributed by atoms with E-state index < -0.39 is 18.0 Å². The van der Waals surface area contributed by atoms with Crippen molar-refractivity contribution in [1.82, 2.24) is 15.1 Å². The van der Waals surface area contributed by atoms with Crippen LogP contribution in [0.5, 0.6) is 0 Å². The van der Waals surface area contributed by atoms with E-state index in [9.17, 15) is 14.4 Å². The molecule has 150 valence electrons. The van der Waals surface area contributed by atoms with Crippen LogP contribution >= 0.6 is 0 Å². The number of hydrogen-bond acceptors (Lipinski definition) is 5. The van der Waals surface area contributed by atoms with Crippen LogP contribution < -0.4 is 10.6 Å². The molecular formula is C20H26N4O4. The second kappa shape index (κ2) is 8.69. The van der Waals surface area contributed by atoms with Crippen LogP contribution in [0.15, 0.2) is 18.2 Å². The van der Waals surface area contributed by atoms with Crippen molar-refractivity contribution in [2.45, 2.75) is 40.7 Å². The minimum atomic E-state index is -1.01. The summed E-state index contributed by atoms with van der Waals surface area (Å²) in [6.45, 7) is 8.62. The topological polar surface area (TPSA) is 102 Å². The van der Waals surface area contributed by atoms with E-state index in [-0.39, 0.29) is 12.5 Å². The Bertz CT molecular complexity index is 917. The van der Waals surface area contributed by atoms with Gasteiger partial charge in [0.1, 0.15) is 6.54 Å². The van der Waals surface area contributed by atoms with Crippen molar-refractivity contribution in [3.63, 3.8) is 0 Å². The Morgan fingerprint density at radius 1 is 1.14 bits per heavy atom. The zero-order chi connectivity index (χ0) is 21.0. The number of nitrogens with zero attached hydrogens (tertiary/aromatic N) is 2. The molecule has 2 N–H and O–H groups in total. The first kappa shape index (κ1) is 21.1. The smallest absolute Gasteiger partial charge is 0.326 e. The Labute approximate surface area is 164 Å². The second-order valence-electron chi connectivity index (χ2n) is 6.77. The highest BCUT2D eigenvalue weighted by Crippen LogP contribution is 2.18. The van der Waals surface area contributed by atoms with Gasteiger partial charge in [-0.1, -0.05) is 6.07 Å². The standard InChI is InChI=1S/C20H26N4O4/c1-11-7-8-16(9-12(11)2)20(27)21-10-17(25)28-15(5)19(26)22-18-13(3)23-24(6)14(18)4/h7-9,15H,10H2,1-6H3,(H,21,27)(H,22,26)/t15-/m0/s1. The summed E-state index contributed by atoms with van der Waals surface area (Å²) < 4.78 is 6.76. The summed E-state index contributed by atoms with van der Waals surface area (Å²) in [5, 5.41) is 9.44. The molecule has 2 amide bonds. The van der Waals surface area contributed by atoms with Gasteiger partial charge in [0, 0.05) is 12.6 Å². The first-order valence-corrected chi connectivity index (χ1v) is 8.96. The summed E-state index contributed by atoms with van der Waals surface area (Å²) in [7, 11) is 1.78. The van der Waals surface area contributed by atoms with Crippen molar-refractivity contribution in [3.05, 3.63) is 46.3 Å². The van der Waals surface area contributed by atoms with E-state index in [0.29, 0.717) is 16.9 Å². The van der Waals surface area contributed by atoms with Crippen molar-refractivity contribution in [2.75, 3.05) is 11.9 Å². The summed E-state index contributed by atoms with van der Waals surface area (Å²) in [5.74, 6) is -1.54. The van der Waals surface area contributed by atoms with Crippen molar-refractivity contribution in [2.24, 2.45) is 7.05 Å². The number of hydrogen-bond donors (Lipinski definition) is 2. The van der Waals surface area contributed by atoms with Gasteiger partial charge in [-0.25, -0.2) is 0 Å². The number of anilines is 1. The minimum absolute atomic E-state index is 0.325. The predicted octanol–water partition coefficient (Wildman–Crippen LogP) is 1.95. The molecule has 1 heterocycles. The number of amides is 2. The fourth-order valence-corrected chi connectivity index (χ4v) is 2.61. The average molecular weight is 386 g/mol. The molecule has 1 aromatic heterocycles. The van der Waals surface area contributed by atoms with Crippen LogP contribution in [0, 0.1) is 27.7 Å². The van der Waals surface area contributed by atoms with Crippen molar-refractivity contribution in [3.8, 4) is 0 Å². The van der Waals surface area contributed by atoms with Crippen LogP contribution in [0.1, 0.15) is 39.8 Å². The number of aryl methyl sites for hydroxylation is 4. The van der Waals surface area contributed by atoms with Gasteiger partial charge in [0.05, 0.1) is 17.1 Å². The molecule has 8 heteroatoms. The maximum absolute atomic E-state index is 12.3. The van der Waals surface area contributed by atoms with Crippen molar-refractivity contribution >= 4 is 23.5 Å². The molecule has 0 aliphatic carbocycles. The molecular weight excluding hydrogens is 360 g/mol. The molecule has 0 aliphatic rings. The first-order valence-electron chi connectivity index (χ1n) is 8.96. The number of aromatic nitrogens is 2. The van der Waals surface area contributed by atoms with Crippen LogP contribution in [0.3, 0.4) is 0 Å². The number of nitrogens with one attached hydrogen (secondary N) is 2. The zero-order valence-corrected chi connectivity index (χ0v) is 17.0. The highest BCUT2D eigenvalue weighted by atomic mass is 16.5. The van der Waals surface area contributed by atoms with Crippen LogP contribution in [0.4, 0.5) is 5.69 Å². The third-order valence-corrected chi connectivity index (χ3v) is 4.60. The van der Waals surface area contributed by atoms with Crippen LogP contribution in [0.25, 0.3) is 0 Å². The number of benzene rings is 1. The molecule has 1 aromatic carbocycles. The lowest BCUT2D eigenvalue weighted by Crippen LogP contribution is -2.36. The summed E-state index contributed by atoms with van der Waals surface area (Å²) in [4.78, 5) is 36.4. The quantitative estimate of drug-likeness (QED) is 0.739. The predicted molar refractivity (Wildman–Crippen MR) is 105 cm³/mol. The molecule has 0 aliphatic heterocycles. The largest absolute Gasteiger partial charge is 0.451 e. The van der Waals surface area contributed by atoms with Gasteiger partial charge in [0.15, 0.2) is 6.10 Å². The van der Waals surface area contributed by atoms with E-state index >= 15 is 0 Å². The fourth-order valence-electron chi connectivity index (χ4n) is 2.61. The van der Waals surface area contributed by atoms with Crippen molar-refractivity contribution in [1.29, 1.82) is 0 Å². The van der Waals surface area contributed by atoms with Crippen molar-refractivity contribution < 1.29 is 19.1 Å². The monoisotopic (exact) mass is 386 g/mol. The lowest BCUT2D eigenvalue weighted by atomic mass is 10.1. The molecule has 0 saturated heterocycles. The fraction of sp³-hybridized carbons (Fsp3) is 0.400. The Balaban J connectivity index is 1.87. The SMILES string of the molecule is Cc1ccc(C(=O)NCC(=O)O[C@@H](C)C(=O)Nc2c(C)nn(C)c2C)cc1C. The van der Waals surface area contributed by atoms with E-state index in [1.807, 2.05) is 26.8 Å². The molecule has 2 rings (SSSR count). The Hall–Kier alpha value is -3.16. The third-order valence-electron chi connectivity index (χ3n) is 4.60. The van der Waals surface area contributed by atoms with E-state index in [4.69, 9.17) is 4.74 Å². The number of rotatable bonds is 6. The summed E-state index contributed by atoms with van der Waals surface area (Å²) >= 11 is 0. The summed E-state index contributed by atoms with van der Waals surface area (Å²) in [5.41, 5.74) is 4.59. The molecule has 0 saturated carbocycles. The normalized spacial score (nSPS) is 11.6.